The molecular weight excluding hydrogens is 345 g/mol. The third-order valence-corrected chi connectivity index (χ3v) is 3.83. The van der Waals surface area contributed by atoms with Gasteiger partial charge < -0.3 is 0 Å². The number of hydrogen-bond acceptors (Lipinski definition) is 3. The molecule has 82 valence electrons. The normalized spacial score (nSPS) is 9.93. The van der Waals surface area contributed by atoms with Gasteiger partial charge in [-0.2, -0.15) is 0 Å². The van der Waals surface area contributed by atoms with Crippen molar-refractivity contribution in [1.82, 2.24) is 13.9 Å². The van der Waals surface area contributed by atoms with Crippen molar-refractivity contribution in [2.45, 2.75) is 20.8 Å². The average molecular weight is 356 g/mol. The van der Waals surface area contributed by atoms with Crippen LogP contribution in [0.25, 0.3) is 11.0 Å². The molecule has 0 fully saturated rings. The van der Waals surface area contributed by atoms with Crippen molar-refractivity contribution in [2.24, 2.45) is 0 Å². The fraction of sp³-hybridized carbons (Fsp3) is 0.333. The molecule has 2 rings (SSSR count). The van der Waals surface area contributed by atoms with Gasteiger partial charge in [0.25, 0.3) is 0 Å². The molecule has 2 aromatic rings. The highest BCUT2D eigenvalue weighted by atomic mass is 127. The van der Waals surface area contributed by atoms with Gasteiger partial charge in [-0.05, 0) is 13.0 Å². The van der Waals surface area contributed by atoms with E-state index in [2.05, 4.69) is 31.2 Å². The molecule has 0 aliphatic heterocycles. The molecule has 0 bridgehead atoms. The van der Waals surface area contributed by atoms with Gasteiger partial charge in [0, 0.05) is 36.0 Å². The van der Waals surface area contributed by atoms with Gasteiger partial charge in [-0.3, -0.25) is 3.97 Å². The highest BCUT2D eigenvalue weighted by molar-refractivity contribution is 14.2. The lowest BCUT2D eigenvalue weighted by Gasteiger charge is -1.98. The number of nitrogens with zero attached hydrogens (tertiary/aromatic N) is 3. The first-order valence-corrected chi connectivity index (χ1v) is 8.21. The molecule has 3 nitrogen and oxygen atoms in total. The molecule has 0 N–H and O–H groups in total. The summed E-state index contributed by atoms with van der Waals surface area (Å²) in [5.41, 5.74) is 1.99. The lowest BCUT2D eigenvalue weighted by Crippen LogP contribution is -1.88. The summed E-state index contributed by atoms with van der Waals surface area (Å²) in [4.78, 5) is 8.10. The number of fused-ring (bicyclic) bond motifs is 1. The second kappa shape index (κ2) is 5.91. The first kappa shape index (κ1) is 13.1. The minimum absolute atomic E-state index is 0.511. The van der Waals surface area contributed by atoms with Crippen LogP contribution in [0.2, 0.25) is 5.15 Å². The van der Waals surface area contributed by atoms with Gasteiger partial charge in [0.1, 0.15) is 11.5 Å². The maximum Gasteiger partial charge on any atom is 0.155 e. The molecule has 0 amide bonds. The third-order valence-electron chi connectivity index (χ3n) is 1.75. The van der Waals surface area contributed by atoms with Crippen LogP contribution in [0.5, 0.6) is 0 Å². The summed E-state index contributed by atoms with van der Waals surface area (Å²) in [6, 6.07) is 1.99. The zero-order valence-electron chi connectivity index (χ0n) is 8.66. The van der Waals surface area contributed by atoms with Crippen LogP contribution in [-0.4, -0.2) is 13.9 Å². The Labute approximate surface area is 110 Å². The number of aromatic nitrogens is 3. The van der Waals surface area contributed by atoms with E-state index in [1.165, 1.54) is 6.33 Å². The first-order valence-electron chi connectivity index (χ1n) is 4.51. The molecule has 0 aliphatic rings. The van der Waals surface area contributed by atoms with Gasteiger partial charge in [-0.25, -0.2) is 9.97 Å². The highest BCUT2D eigenvalue weighted by Crippen LogP contribution is 2.29. The Kier molecular flexibility index (Phi) is 5.14. The van der Waals surface area contributed by atoms with Gasteiger partial charge >= 0.3 is 0 Å². The summed E-state index contributed by atoms with van der Waals surface area (Å²) < 4.78 is 2.02. The van der Waals surface area contributed by atoms with Gasteiger partial charge in [0.05, 0.1) is 5.39 Å². The van der Waals surface area contributed by atoms with E-state index in [4.69, 9.17) is 11.6 Å². The van der Waals surface area contributed by atoms with Crippen LogP contribution in [0.15, 0.2) is 12.4 Å². The zero-order valence-corrected chi connectivity index (χ0v) is 12.4. The Bertz CT molecular complexity index is 458. The first-order chi connectivity index (χ1) is 7.24. The fourth-order valence-electron chi connectivity index (χ4n) is 1.17. The van der Waals surface area contributed by atoms with E-state index in [1.807, 2.05) is 30.8 Å². The summed E-state index contributed by atoms with van der Waals surface area (Å²) in [6.07, 6.45) is 1.48. The average Bonchev–Trinajstić information content (AvgIpc) is 2.59. The summed E-state index contributed by atoms with van der Waals surface area (Å²) in [6.45, 7) is 6.02. The minimum Gasteiger partial charge on any atom is -0.263 e. The topological polar surface area (TPSA) is 30.7 Å². The second-order valence-corrected chi connectivity index (χ2v) is 4.59. The van der Waals surface area contributed by atoms with Crippen molar-refractivity contribution < 1.29 is 0 Å². The molecule has 2 aromatic heterocycles. The van der Waals surface area contributed by atoms with Crippen LogP contribution in [0.4, 0.5) is 0 Å². The maximum atomic E-state index is 5.92. The summed E-state index contributed by atoms with van der Waals surface area (Å²) in [5, 5.41) is 1.42. The molecule has 2 heterocycles. The van der Waals surface area contributed by atoms with Crippen LogP contribution in [-0.2, 0) is 0 Å². The molecule has 0 aromatic carbocycles. The molecule has 0 aliphatic carbocycles. The molecule has 15 heavy (non-hydrogen) atoms. The molecule has 0 atom stereocenters. The van der Waals surface area contributed by atoms with E-state index in [1.54, 1.807) is 9.12 Å². The Morgan fingerprint density at radius 2 is 2.07 bits per heavy atom. The van der Waals surface area contributed by atoms with Gasteiger partial charge in [0.15, 0.2) is 5.65 Å². The van der Waals surface area contributed by atoms with Crippen LogP contribution < -0.4 is 0 Å². The smallest absolute Gasteiger partial charge is 0.155 e. The molecule has 0 spiro atoms. The number of aryl methyl sites for hydroxylation is 1. The summed E-state index contributed by atoms with van der Waals surface area (Å²) >= 11 is 8.13. The fourth-order valence-corrected chi connectivity index (χ4v) is 3.22. The molecular formula is C9H11ClIN3S. The highest BCUT2D eigenvalue weighted by Gasteiger charge is 2.09. The van der Waals surface area contributed by atoms with E-state index < -0.39 is 0 Å². The largest absolute Gasteiger partial charge is 0.263 e. The van der Waals surface area contributed by atoms with E-state index in [-0.39, 0.29) is 0 Å². The monoisotopic (exact) mass is 355 g/mol. The zero-order chi connectivity index (χ0) is 11.4. The van der Waals surface area contributed by atoms with Crippen molar-refractivity contribution in [3.05, 3.63) is 23.2 Å². The quantitative estimate of drug-likeness (QED) is 0.565. The van der Waals surface area contributed by atoms with Crippen molar-refractivity contribution >= 4 is 53.0 Å². The van der Waals surface area contributed by atoms with Crippen molar-refractivity contribution in [3.63, 3.8) is 0 Å². The standard InChI is InChI=1S/C7H5ClIN3S.C2H6/c1-4-2-5-6(8)10-3-11-7(5)12(4)13-9;1-2/h2-3H,1H3;1-2H3. The van der Waals surface area contributed by atoms with Crippen LogP contribution >= 0.6 is 41.9 Å². The van der Waals surface area contributed by atoms with Crippen LogP contribution in [0, 0.1) is 6.92 Å². The van der Waals surface area contributed by atoms with Gasteiger partial charge in [-0.1, -0.05) is 25.4 Å². The van der Waals surface area contributed by atoms with Gasteiger partial charge in [0.2, 0.25) is 0 Å². The molecule has 0 radical (unpaired) electrons. The summed E-state index contributed by atoms with van der Waals surface area (Å²) in [5.74, 6) is 0. The molecule has 0 saturated carbocycles. The lowest BCUT2D eigenvalue weighted by atomic mass is 10.4. The van der Waals surface area contributed by atoms with Crippen molar-refractivity contribution in [1.29, 1.82) is 0 Å². The van der Waals surface area contributed by atoms with Crippen LogP contribution in [0.3, 0.4) is 0 Å². The number of rotatable bonds is 1. The SMILES string of the molecule is CC.Cc1cc2c(Cl)ncnc2n1SI. The van der Waals surface area contributed by atoms with E-state index in [0.29, 0.717) is 5.15 Å². The molecule has 0 unspecified atom stereocenters. The minimum atomic E-state index is 0.511. The Balaban J connectivity index is 0.000000531. The number of halogens is 2. The van der Waals surface area contributed by atoms with E-state index >= 15 is 0 Å². The third kappa shape index (κ3) is 2.57. The Hall–Kier alpha value is -0.0100. The van der Waals surface area contributed by atoms with Gasteiger partial charge in [-0.15, -0.1) is 0 Å². The van der Waals surface area contributed by atoms with Crippen LogP contribution in [0.1, 0.15) is 19.5 Å². The summed E-state index contributed by atoms with van der Waals surface area (Å²) in [7, 11) is 1.58. The van der Waals surface area contributed by atoms with Crippen molar-refractivity contribution in [2.75, 3.05) is 0 Å². The van der Waals surface area contributed by atoms with E-state index in [9.17, 15) is 0 Å². The molecule has 0 saturated heterocycles. The van der Waals surface area contributed by atoms with Crippen molar-refractivity contribution in [3.8, 4) is 0 Å². The predicted octanol–water partition coefficient (Wildman–Crippen LogP) is 4.27. The second-order valence-electron chi connectivity index (χ2n) is 2.55. The van der Waals surface area contributed by atoms with E-state index in [0.717, 1.165) is 16.7 Å². The Morgan fingerprint density at radius 1 is 1.40 bits per heavy atom. The Morgan fingerprint density at radius 3 is 2.67 bits per heavy atom. The lowest BCUT2D eigenvalue weighted by molar-refractivity contribution is 1.15. The maximum absolute atomic E-state index is 5.92. The number of hydrogen-bond donors (Lipinski definition) is 0. The molecule has 6 heteroatoms. The predicted molar refractivity (Wildman–Crippen MR) is 75.6 cm³/mol.